The number of aliphatic imine (C=N–C) groups is 1. The molecular formula is C9H16N2. The van der Waals surface area contributed by atoms with E-state index in [-0.39, 0.29) is 0 Å². The van der Waals surface area contributed by atoms with Crippen molar-refractivity contribution >= 4 is 5.71 Å². The molecular weight excluding hydrogens is 136 g/mol. The second-order valence-corrected chi connectivity index (χ2v) is 3.74. The Kier molecular flexibility index (Phi) is 1.95. The molecule has 2 nitrogen and oxygen atoms in total. The second kappa shape index (κ2) is 2.94. The SMILES string of the molecule is CN(CC1=NC1)C1CCCC1. The van der Waals surface area contributed by atoms with Crippen molar-refractivity contribution < 1.29 is 0 Å². The van der Waals surface area contributed by atoms with Gasteiger partial charge in [-0.1, -0.05) is 12.8 Å². The summed E-state index contributed by atoms with van der Waals surface area (Å²) in [5.74, 6) is 0. The topological polar surface area (TPSA) is 15.6 Å². The summed E-state index contributed by atoms with van der Waals surface area (Å²) in [6.45, 7) is 2.17. The van der Waals surface area contributed by atoms with Gasteiger partial charge < -0.3 is 0 Å². The fourth-order valence-electron chi connectivity index (χ4n) is 1.92. The van der Waals surface area contributed by atoms with Crippen LogP contribution in [0.5, 0.6) is 0 Å². The van der Waals surface area contributed by atoms with E-state index in [2.05, 4.69) is 16.9 Å². The third kappa shape index (κ3) is 1.80. The number of rotatable bonds is 3. The van der Waals surface area contributed by atoms with Crippen LogP contribution in [0, 0.1) is 0 Å². The van der Waals surface area contributed by atoms with Crippen LogP contribution in [-0.2, 0) is 0 Å². The van der Waals surface area contributed by atoms with Crippen molar-refractivity contribution in [3.63, 3.8) is 0 Å². The van der Waals surface area contributed by atoms with E-state index < -0.39 is 0 Å². The van der Waals surface area contributed by atoms with Crippen LogP contribution in [0.4, 0.5) is 0 Å². The van der Waals surface area contributed by atoms with Gasteiger partial charge >= 0.3 is 0 Å². The van der Waals surface area contributed by atoms with Gasteiger partial charge in [0.1, 0.15) is 0 Å². The normalized spacial score (nSPS) is 24.4. The fourth-order valence-corrected chi connectivity index (χ4v) is 1.92. The first-order chi connectivity index (χ1) is 5.36. The molecule has 0 saturated heterocycles. The molecule has 1 fully saturated rings. The molecule has 2 rings (SSSR count). The first-order valence-corrected chi connectivity index (χ1v) is 4.59. The Hall–Kier alpha value is -0.370. The van der Waals surface area contributed by atoms with Crippen molar-refractivity contribution in [3.05, 3.63) is 0 Å². The lowest BCUT2D eigenvalue weighted by atomic mass is 10.2. The molecule has 0 N–H and O–H groups in total. The number of nitrogens with zero attached hydrogens (tertiary/aromatic N) is 2. The Balaban J connectivity index is 1.77. The van der Waals surface area contributed by atoms with Crippen molar-refractivity contribution in [2.24, 2.45) is 4.99 Å². The molecule has 0 aromatic rings. The van der Waals surface area contributed by atoms with Crippen LogP contribution < -0.4 is 0 Å². The van der Waals surface area contributed by atoms with Crippen molar-refractivity contribution in [2.45, 2.75) is 31.7 Å². The van der Waals surface area contributed by atoms with Crippen LogP contribution in [0.15, 0.2) is 4.99 Å². The van der Waals surface area contributed by atoms with E-state index in [1.807, 2.05) is 0 Å². The van der Waals surface area contributed by atoms with E-state index in [4.69, 9.17) is 0 Å². The Morgan fingerprint density at radius 3 is 2.64 bits per heavy atom. The van der Waals surface area contributed by atoms with Crippen molar-refractivity contribution in [1.82, 2.24) is 4.90 Å². The molecule has 2 heteroatoms. The van der Waals surface area contributed by atoms with Crippen LogP contribution in [0.3, 0.4) is 0 Å². The van der Waals surface area contributed by atoms with Crippen molar-refractivity contribution in [3.8, 4) is 0 Å². The molecule has 2 aliphatic rings. The Labute approximate surface area is 68.3 Å². The standard InChI is InChI=1S/C9H16N2/c1-11(7-8-6-10-8)9-4-2-3-5-9/h9H,2-7H2,1H3. The molecule has 0 amide bonds. The summed E-state index contributed by atoms with van der Waals surface area (Å²) in [6, 6.07) is 0.860. The molecule has 0 aromatic heterocycles. The lowest BCUT2D eigenvalue weighted by molar-refractivity contribution is 0.279. The maximum atomic E-state index is 4.19. The Morgan fingerprint density at radius 2 is 2.09 bits per heavy atom. The highest BCUT2D eigenvalue weighted by Crippen LogP contribution is 2.22. The summed E-state index contributed by atoms with van der Waals surface area (Å²) in [6.07, 6.45) is 5.68. The van der Waals surface area contributed by atoms with Gasteiger partial charge in [-0.05, 0) is 19.9 Å². The van der Waals surface area contributed by atoms with Gasteiger partial charge in [-0.2, -0.15) is 0 Å². The third-order valence-electron chi connectivity index (χ3n) is 2.76. The molecule has 0 unspecified atom stereocenters. The van der Waals surface area contributed by atoms with Crippen LogP contribution in [0.25, 0.3) is 0 Å². The molecule has 1 aliphatic carbocycles. The lowest BCUT2D eigenvalue weighted by Crippen LogP contribution is -2.32. The van der Waals surface area contributed by atoms with Gasteiger partial charge in [-0.3, -0.25) is 9.89 Å². The maximum Gasteiger partial charge on any atom is 0.0782 e. The molecule has 1 saturated carbocycles. The lowest BCUT2D eigenvalue weighted by Gasteiger charge is -2.21. The molecule has 11 heavy (non-hydrogen) atoms. The highest BCUT2D eigenvalue weighted by molar-refractivity contribution is 5.98. The monoisotopic (exact) mass is 152 g/mol. The smallest absolute Gasteiger partial charge is 0.0782 e. The zero-order valence-corrected chi connectivity index (χ0v) is 7.21. The average molecular weight is 152 g/mol. The van der Waals surface area contributed by atoms with Crippen molar-refractivity contribution in [1.29, 1.82) is 0 Å². The van der Waals surface area contributed by atoms with E-state index in [9.17, 15) is 0 Å². The predicted octanol–water partition coefficient (Wildman–Crippen LogP) is 1.32. The maximum absolute atomic E-state index is 4.19. The first-order valence-electron chi connectivity index (χ1n) is 4.59. The van der Waals surface area contributed by atoms with E-state index >= 15 is 0 Å². The summed E-state index contributed by atoms with van der Waals surface area (Å²) in [4.78, 5) is 6.66. The van der Waals surface area contributed by atoms with Gasteiger partial charge in [-0.15, -0.1) is 0 Å². The van der Waals surface area contributed by atoms with Crippen LogP contribution in [0.1, 0.15) is 25.7 Å². The minimum atomic E-state index is 0.860. The molecule has 1 aliphatic heterocycles. The van der Waals surface area contributed by atoms with Gasteiger partial charge in [0.2, 0.25) is 0 Å². The zero-order chi connectivity index (χ0) is 7.68. The van der Waals surface area contributed by atoms with Crippen LogP contribution in [-0.4, -0.2) is 36.8 Å². The van der Waals surface area contributed by atoms with Gasteiger partial charge in [-0.25, -0.2) is 0 Å². The summed E-state index contributed by atoms with van der Waals surface area (Å²) < 4.78 is 0. The van der Waals surface area contributed by atoms with E-state index in [1.165, 1.54) is 31.4 Å². The first kappa shape index (κ1) is 7.29. The Morgan fingerprint density at radius 1 is 1.45 bits per heavy atom. The largest absolute Gasteiger partial charge is 0.298 e. The molecule has 0 spiro atoms. The number of hydrogen-bond donors (Lipinski definition) is 0. The quantitative estimate of drug-likeness (QED) is 0.595. The van der Waals surface area contributed by atoms with Gasteiger partial charge in [0.25, 0.3) is 0 Å². The minimum Gasteiger partial charge on any atom is -0.298 e. The van der Waals surface area contributed by atoms with E-state index in [1.54, 1.807) is 0 Å². The Bertz CT molecular complexity index is 168. The highest BCUT2D eigenvalue weighted by Gasteiger charge is 2.22. The second-order valence-electron chi connectivity index (χ2n) is 3.74. The van der Waals surface area contributed by atoms with E-state index in [0.29, 0.717) is 0 Å². The van der Waals surface area contributed by atoms with Gasteiger partial charge in [0, 0.05) is 18.3 Å². The molecule has 0 aromatic carbocycles. The van der Waals surface area contributed by atoms with Crippen LogP contribution in [0.2, 0.25) is 0 Å². The summed E-state index contributed by atoms with van der Waals surface area (Å²) in [5, 5.41) is 0. The molecule has 62 valence electrons. The molecule has 0 radical (unpaired) electrons. The zero-order valence-electron chi connectivity index (χ0n) is 7.21. The highest BCUT2D eigenvalue weighted by atomic mass is 15.2. The predicted molar refractivity (Wildman–Crippen MR) is 47.2 cm³/mol. The third-order valence-corrected chi connectivity index (χ3v) is 2.76. The summed E-state index contributed by atoms with van der Waals surface area (Å²) in [5.41, 5.74) is 1.40. The summed E-state index contributed by atoms with van der Waals surface area (Å²) >= 11 is 0. The summed E-state index contributed by atoms with van der Waals surface area (Å²) in [7, 11) is 2.23. The molecule has 1 heterocycles. The molecule has 0 bridgehead atoms. The van der Waals surface area contributed by atoms with Crippen molar-refractivity contribution in [2.75, 3.05) is 20.1 Å². The van der Waals surface area contributed by atoms with E-state index in [0.717, 1.165) is 19.1 Å². The molecule has 0 atom stereocenters. The van der Waals surface area contributed by atoms with Crippen LogP contribution >= 0.6 is 0 Å². The fraction of sp³-hybridized carbons (Fsp3) is 0.889. The van der Waals surface area contributed by atoms with Gasteiger partial charge in [0.15, 0.2) is 0 Å². The van der Waals surface area contributed by atoms with Gasteiger partial charge in [0.05, 0.1) is 6.54 Å². The average Bonchev–Trinajstić information content (AvgIpc) is 2.67. The minimum absolute atomic E-state index is 0.860. The number of hydrogen-bond acceptors (Lipinski definition) is 2.